The average molecular weight is 497 g/mol. The molecular formula is C26H25ClN2O6. The van der Waals surface area contributed by atoms with Gasteiger partial charge in [0.05, 0.1) is 17.3 Å². The number of nitrogens with one attached hydrogen (secondary N) is 1. The van der Waals surface area contributed by atoms with E-state index in [1.807, 2.05) is 6.92 Å². The molecule has 0 aliphatic carbocycles. The molecule has 1 aliphatic heterocycles. The Morgan fingerprint density at radius 1 is 1.14 bits per heavy atom. The number of carbonyl (C=O) groups is 3. The third kappa shape index (κ3) is 5.84. The lowest BCUT2D eigenvalue weighted by atomic mass is 10.1. The molecule has 2 heterocycles. The first-order valence-electron chi connectivity index (χ1n) is 11.3. The first-order chi connectivity index (χ1) is 17.0. The third-order valence-electron chi connectivity index (χ3n) is 5.43. The van der Waals surface area contributed by atoms with E-state index in [2.05, 4.69) is 5.32 Å². The van der Waals surface area contributed by atoms with E-state index >= 15 is 0 Å². The molecule has 0 unspecified atom stereocenters. The number of halogens is 1. The van der Waals surface area contributed by atoms with Crippen molar-refractivity contribution >= 4 is 34.9 Å². The van der Waals surface area contributed by atoms with E-state index < -0.39 is 0 Å². The van der Waals surface area contributed by atoms with Crippen LogP contribution >= 0.6 is 11.6 Å². The Balaban J connectivity index is 1.48. The summed E-state index contributed by atoms with van der Waals surface area (Å²) in [6.45, 7) is 2.34. The first-order valence-corrected chi connectivity index (χ1v) is 11.7. The summed E-state index contributed by atoms with van der Waals surface area (Å²) >= 11 is 6.08. The number of ether oxygens (including phenoxy) is 2. The number of hydrogen-bond acceptors (Lipinski definition) is 6. The zero-order chi connectivity index (χ0) is 24.8. The van der Waals surface area contributed by atoms with Crippen LogP contribution in [0.3, 0.4) is 0 Å². The smallest absolute Gasteiger partial charge is 0.286 e. The molecular weight excluding hydrogens is 472 g/mol. The van der Waals surface area contributed by atoms with Crippen LogP contribution in [-0.2, 0) is 11.3 Å². The lowest BCUT2D eigenvalue weighted by Gasteiger charge is -2.29. The standard InChI is InChI=1S/C26H25ClN2O6/c1-2-3-12-28-26(32)24-11-9-18(35-24)14-29-20-13-17(8-10-23(20)34-16-25(29)31)21(30)15-33-22-7-5-4-6-19(22)27/h4-11,13H,2-3,12,14-16H2,1H3,(H,28,32). The minimum atomic E-state index is -0.301. The second-order valence-electron chi connectivity index (χ2n) is 7.97. The van der Waals surface area contributed by atoms with E-state index in [1.165, 1.54) is 4.90 Å². The summed E-state index contributed by atoms with van der Waals surface area (Å²) in [6.07, 6.45) is 1.85. The monoisotopic (exact) mass is 496 g/mol. The SMILES string of the molecule is CCCCNC(=O)c1ccc(CN2C(=O)COc3ccc(C(=O)COc4ccccc4Cl)cc32)o1. The van der Waals surface area contributed by atoms with Crippen LogP contribution in [0.25, 0.3) is 0 Å². The lowest BCUT2D eigenvalue weighted by molar-refractivity contribution is -0.121. The topological polar surface area (TPSA) is 98.1 Å². The highest BCUT2D eigenvalue weighted by Gasteiger charge is 2.28. The molecule has 2 amide bonds. The van der Waals surface area contributed by atoms with Crippen LogP contribution in [-0.4, -0.2) is 37.4 Å². The molecule has 3 aromatic rings. The Bertz CT molecular complexity index is 1240. The van der Waals surface area contributed by atoms with Crippen LogP contribution in [0.1, 0.15) is 46.4 Å². The minimum Gasteiger partial charge on any atom is -0.484 e. The van der Waals surface area contributed by atoms with Crippen LogP contribution in [0.4, 0.5) is 5.69 Å². The molecule has 182 valence electrons. The number of ketones is 1. The highest BCUT2D eigenvalue weighted by molar-refractivity contribution is 6.32. The van der Waals surface area contributed by atoms with Crippen LogP contribution in [0, 0.1) is 0 Å². The quantitative estimate of drug-likeness (QED) is 0.324. The number of nitrogens with zero attached hydrogens (tertiary/aromatic N) is 1. The number of Topliss-reactive ketones (excluding diaryl/α,β-unsaturated/α-hetero) is 1. The number of benzene rings is 2. The van der Waals surface area contributed by atoms with Crippen LogP contribution in [0.5, 0.6) is 11.5 Å². The van der Waals surface area contributed by atoms with Gasteiger partial charge in [0.1, 0.15) is 17.3 Å². The number of anilines is 1. The maximum absolute atomic E-state index is 12.8. The predicted molar refractivity (Wildman–Crippen MR) is 130 cm³/mol. The number of furan rings is 1. The van der Waals surface area contributed by atoms with Crippen molar-refractivity contribution in [1.29, 1.82) is 0 Å². The zero-order valence-electron chi connectivity index (χ0n) is 19.2. The Labute approximate surface area is 207 Å². The summed E-state index contributed by atoms with van der Waals surface area (Å²) in [4.78, 5) is 39.1. The molecule has 1 aromatic heterocycles. The molecule has 0 bridgehead atoms. The van der Waals surface area contributed by atoms with Gasteiger partial charge >= 0.3 is 0 Å². The molecule has 35 heavy (non-hydrogen) atoms. The number of fused-ring (bicyclic) bond motifs is 1. The largest absolute Gasteiger partial charge is 0.484 e. The van der Waals surface area contributed by atoms with Gasteiger partial charge in [-0.15, -0.1) is 0 Å². The lowest BCUT2D eigenvalue weighted by Crippen LogP contribution is -2.38. The summed E-state index contributed by atoms with van der Waals surface area (Å²) in [7, 11) is 0. The maximum atomic E-state index is 12.8. The molecule has 1 N–H and O–H groups in total. The molecule has 0 fully saturated rings. The van der Waals surface area contributed by atoms with Crippen molar-refractivity contribution in [2.24, 2.45) is 0 Å². The van der Waals surface area contributed by atoms with E-state index in [9.17, 15) is 14.4 Å². The van der Waals surface area contributed by atoms with Crippen molar-refractivity contribution < 1.29 is 28.3 Å². The maximum Gasteiger partial charge on any atom is 0.286 e. The number of rotatable bonds is 10. The number of para-hydroxylation sites is 1. The number of unbranched alkanes of at least 4 members (excludes halogenated alkanes) is 1. The van der Waals surface area contributed by atoms with Crippen molar-refractivity contribution in [1.82, 2.24) is 5.32 Å². The van der Waals surface area contributed by atoms with E-state index in [1.54, 1.807) is 54.6 Å². The molecule has 0 spiro atoms. The van der Waals surface area contributed by atoms with Gasteiger partial charge in [0.25, 0.3) is 11.8 Å². The van der Waals surface area contributed by atoms with Gasteiger partial charge in [0.2, 0.25) is 0 Å². The summed E-state index contributed by atoms with van der Waals surface area (Å²) in [5.41, 5.74) is 0.796. The molecule has 2 aromatic carbocycles. The van der Waals surface area contributed by atoms with E-state index in [4.69, 9.17) is 25.5 Å². The van der Waals surface area contributed by atoms with Gasteiger partial charge in [0, 0.05) is 12.1 Å². The predicted octanol–water partition coefficient (Wildman–Crippen LogP) is 4.65. The molecule has 4 rings (SSSR count). The van der Waals surface area contributed by atoms with Crippen molar-refractivity contribution in [3.63, 3.8) is 0 Å². The highest BCUT2D eigenvalue weighted by atomic mass is 35.5. The van der Waals surface area contributed by atoms with Gasteiger partial charge in [0.15, 0.2) is 24.8 Å². The van der Waals surface area contributed by atoms with Crippen molar-refractivity contribution in [3.8, 4) is 11.5 Å². The molecule has 0 saturated heterocycles. The van der Waals surface area contributed by atoms with E-state index in [-0.39, 0.29) is 43.1 Å². The number of amides is 2. The van der Waals surface area contributed by atoms with Crippen molar-refractivity contribution in [2.75, 3.05) is 24.7 Å². The highest BCUT2D eigenvalue weighted by Crippen LogP contribution is 2.34. The number of hydrogen-bond donors (Lipinski definition) is 1. The molecule has 0 radical (unpaired) electrons. The van der Waals surface area contributed by atoms with Gasteiger partial charge in [-0.2, -0.15) is 0 Å². The Kier molecular flexibility index (Phi) is 7.72. The summed E-state index contributed by atoms with van der Waals surface area (Å²) in [5, 5.41) is 3.21. The normalized spacial score (nSPS) is 12.6. The minimum absolute atomic E-state index is 0.0885. The molecule has 1 aliphatic rings. The summed E-state index contributed by atoms with van der Waals surface area (Å²) in [5.74, 6) is 0.618. The fraction of sp³-hybridized carbons (Fsp3) is 0.269. The van der Waals surface area contributed by atoms with Gasteiger partial charge in [-0.05, 0) is 48.9 Å². The Morgan fingerprint density at radius 2 is 1.97 bits per heavy atom. The fourth-order valence-corrected chi connectivity index (χ4v) is 3.73. The fourth-order valence-electron chi connectivity index (χ4n) is 3.54. The van der Waals surface area contributed by atoms with Crippen LogP contribution in [0.15, 0.2) is 59.0 Å². The Hall–Kier alpha value is -3.78. The third-order valence-corrected chi connectivity index (χ3v) is 5.75. The number of carbonyl (C=O) groups excluding carboxylic acids is 3. The van der Waals surface area contributed by atoms with Crippen molar-refractivity contribution in [3.05, 3.63) is 76.7 Å². The van der Waals surface area contributed by atoms with Gasteiger partial charge in [-0.3, -0.25) is 19.3 Å². The molecule has 0 saturated carbocycles. The second-order valence-corrected chi connectivity index (χ2v) is 8.38. The second kappa shape index (κ2) is 11.1. The first kappa shape index (κ1) is 24.3. The van der Waals surface area contributed by atoms with E-state index in [0.29, 0.717) is 40.1 Å². The van der Waals surface area contributed by atoms with Crippen LogP contribution < -0.4 is 19.7 Å². The van der Waals surface area contributed by atoms with Gasteiger partial charge in [-0.1, -0.05) is 37.1 Å². The Morgan fingerprint density at radius 3 is 2.77 bits per heavy atom. The molecule has 9 heteroatoms. The van der Waals surface area contributed by atoms with Gasteiger partial charge < -0.3 is 19.2 Å². The van der Waals surface area contributed by atoms with Gasteiger partial charge in [-0.25, -0.2) is 0 Å². The zero-order valence-corrected chi connectivity index (χ0v) is 20.0. The summed E-state index contributed by atoms with van der Waals surface area (Å²) < 4.78 is 16.8. The van der Waals surface area contributed by atoms with Crippen LogP contribution in [0.2, 0.25) is 5.02 Å². The molecule has 0 atom stereocenters. The van der Waals surface area contributed by atoms with E-state index in [0.717, 1.165) is 12.8 Å². The summed E-state index contributed by atoms with van der Waals surface area (Å²) in [6, 6.07) is 15.0. The average Bonchev–Trinajstić information content (AvgIpc) is 3.34. The molecule has 8 nitrogen and oxygen atoms in total. The van der Waals surface area contributed by atoms with Crippen molar-refractivity contribution in [2.45, 2.75) is 26.3 Å².